The molecule has 0 fully saturated rings. The summed E-state index contributed by atoms with van der Waals surface area (Å²) in [6.45, 7) is 1.87. The minimum Gasteiger partial charge on any atom is -0.392 e. The van der Waals surface area contributed by atoms with Gasteiger partial charge >= 0.3 is 0 Å². The van der Waals surface area contributed by atoms with Crippen molar-refractivity contribution in [2.45, 2.75) is 12.2 Å². The Balaban J connectivity index is 2.54. The molecule has 0 aliphatic heterocycles. The maximum absolute atomic E-state index is 8.23. The van der Waals surface area contributed by atoms with Gasteiger partial charge in [-0.3, -0.25) is 0 Å². The molecule has 0 amide bonds. The topological polar surface area (TPSA) is 20.2 Å². The zero-order chi connectivity index (χ0) is 4.28. The number of thiol groups is 1. The second-order valence-electron chi connectivity index (χ2n) is 0.889. The van der Waals surface area contributed by atoms with Gasteiger partial charge < -0.3 is 5.11 Å². The largest absolute Gasteiger partial charge is 0.392 e. The summed E-state index contributed by atoms with van der Waals surface area (Å²) in [5, 5.41) is 7.80. The predicted octanol–water partition coefficient (Wildman–Crippen LogP) is -0.323. The molecule has 1 atom stereocenters. The normalized spacial score (nSPS) is 14.2. The molecular formula is C2H7BOS. The van der Waals surface area contributed by atoms with Crippen LogP contribution < -0.4 is 0 Å². The standard InChI is InChI=1S/C2H7BOS/c1-3-2(4)5/h2-5H,1H3. The van der Waals surface area contributed by atoms with E-state index >= 15 is 0 Å². The lowest BCUT2D eigenvalue weighted by Gasteiger charge is -1.87. The third-order valence-corrected chi connectivity index (χ3v) is 0.730. The van der Waals surface area contributed by atoms with Crippen molar-refractivity contribution in [3.63, 3.8) is 0 Å². The lowest BCUT2D eigenvalue weighted by molar-refractivity contribution is 0.338. The van der Waals surface area contributed by atoms with Crippen molar-refractivity contribution in [2.75, 3.05) is 0 Å². The first-order chi connectivity index (χ1) is 2.27. The average Bonchev–Trinajstić information content (AvgIpc) is 1.38. The number of hydrogen-bond donors (Lipinski definition) is 2. The Morgan fingerprint density at radius 3 is 2.20 bits per heavy atom. The lowest BCUT2D eigenvalue weighted by Crippen LogP contribution is -2.01. The van der Waals surface area contributed by atoms with Crippen LogP contribution in [0, 0.1) is 0 Å². The molecule has 0 radical (unpaired) electrons. The summed E-state index contributed by atoms with van der Waals surface area (Å²) in [7, 11) is 0.725. The van der Waals surface area contributed by atoms with Gasteiger partial charge in [0.05, 0.1) is 5.34 Å². The highest BCUT2D eigenvalue weighted by Gasteiger charge is 1.86. The van der Waals surface area contributed by atoms with Gasteiger partial charge in [0, 0.05) is 0 Å². The van der Waals surface area contributed by atoms with Crippen LogP contribution in [0.15, 0.2) is 0 Å². The smallest absolute Gasteiger partial charge is 0.167 e. The van der Waals surface area contributed by atoms with Crippen molar-refractivity contribution in [2.24, 2.45) is 0 Å². The van der Waals surface area contributed by atoms with Crippen LogP contribution in [0.5, 0.6) is 0 Å². The minimum atomic E-state index is -0.421. The van der Waals surface area contributed by atoms with E-state index in [1.807, 2.05) is 6.82 Å². The van der Waals surface area contributed by atoms with Crippen molar-refractivity contribution in [1.29, 1.82) is 0 Å². The van der Waals surface area contributed by atoms with E-state index in [0.717, 1.165) is 7.28 Å². The highest BCUT2D eigenvalue weighted by molar-refractivity contribution is 7.82. The van der Waals surface area contributed by atoms with Gasteiger partial charge in [0.25, 0.3) is 0 Å². The number of hydrogen-bond acceptors (Lipinski definition) is 2. The molecule has 0 heterocycles. The summed E-state index contributed by atoms with van der Waals surface area (Å²) in [5.41, 5.74) is 0. The maximum Gasteiger partial charge on any atom is 0.167 e. The summed E-state index contributed by atoms with van der Waals surface area (Å²) < 4.78 is 0. The molecule has 0 aliphatic rings. The third kappa shape index (κ3) is 4.37. The van der Waals surface area contributed by atoms with E-state index in [1.165, 1.54) is 0 Å². The summed E-state index contributed by atoms with van der Waals surface area (Å²) in [6, 6.07) is 0. The van der Waals surface area contributed by atoms with Gasteiger partial charge in [-0.05, 0) is 0 Å². The fourth-order valence-corrected chi connectivity index (χ4v) is 0. The fraction of sp³-hybridized carbons (Fsp3) is 1.00. The first kappa shape index (κ1) is 5.37. The van der Waals surface area contributed by atoms with Gasteiger partial charge in [0.2, 0.25) is 0 Å². The second-order valence-corrected chi connectivity index (χ2v) is 1.48. The third-order valence-electron chi connectivity index (χ3n) is 0.365. The average molecular weight is 90.0 g/mol. The van der Waals surface area contributed by atoms with E-state index in [0.29, 0.717) is 0 Å². The predicted molar refractivity (Wildman–Crippen MR) is 28.0 cm³/mol. The van der Waals surface area contributed by atoms with Gasteiger partial charge in [-0.15, -0.1) is 0 Å². The Hall–Kier alpha value is 0.375. The highest BCUT2D eigenvalue weighted by atomic mass is 32.1. The van der Waals surface area contributed by atoms with Crippen LogP contribution in [0.1, 0.15) is 0 Å². The molecule has 0 rings (SSSR count). The molecule has 5 heavy (non-hydrogen) atoms. The van der Waals surface area contributed by atoms with E-state index in [2.05, 4.69) is 12.6 Å². The fourth-order valence-electron chi connectivity index (χ4n) is 0. The van der Waals surface area contributed by atoms with E-state index in [9.17, 15) is 0 Å². The summed E-state index contributed by atoms with van der Waals surface area (Å²) in [5.74, 6) is 0. The maximum atomic E-state index is 8.23. The number of aliphatic hydroxyl groups excluding tert-OH is 1. The Labute approximate surface area is 38.0 Å². The minimum absolute atomic E-state index is 0.421. The van der Waals surface area contributed by atoms with Crippen LogP contribution in [0.2, 0.25) is 6.82 Å². The number of rotatable bonds is 1. The zero-order valence-corrected chi connectivity index (χ0v) is 4.07. The van der Waals surface area contributed by atoms with Gasteiger partial charge in [-0.25, -0.2) is 0 Å². The zero-order valence-electron chi connectivity index (χ0n) is 3.18. The number of aliphatic hydroxyl groups is 1. The second kappa shape index (κ2) is 2.60. The van der Waals surface area contributed by atoms with Crippen LogP contribution >= 0.6 is 12.6 Å². The lowest BCUT2D eigenvalue weighted by atomic mass is 9.84. The molecule has 0 aliphatic carbocycles. The van der Waals surface area contributed by atoms with Gasteiger partial charge in [0.15, 0.2) is 7.28 Å². The Kier molecular flexibility index (Phi) is 2.80. The van der Waals surface area contributed by atoms with Crippen molar-refractivity contribution >= 4 is 19.9 Å². The van der Waals surface area contributed by atoms with E-state index < -0.39 is 5.34 Å². The summed E-state index contributed by atoms with van der Waals surface area (Å²) >= 11 is 3.65. The van der Waals surface area contributed by atoms with Crippen LogP contribution in [0.4, 0.5) is 0 Å². The highest BCUT2D eigenvalue weighted by Crippen LogP contribution is 1.80. The van der Waals surface area contributed by atoms with Crippen molar-refractivity contribution in [1.82, 2.24) is 0 Å². The monoisotopic (exact) mass is 90.0 g/mol. The van der Waals surface area contributed by atoms with E-state index in [1.54, 1.807) is 0 Å². The summed E-state index contributed by atoms with van der Waals surface area (Å²) in [4.78, 5) is 0. The van der Waals surface area contributed by atoms with Gasteiger partial charge in [-0.1, -0.05) is 6.82 Å². The van der Waals surface area contributed by atoms with Crippen LogP contribution in [0.3, 0.4) is 0 Å². The molecule has 1 nitrogen and oxygen atoms in total. The molecule has 30 valence electrons. The molecule has 1 unspecified atom stereocenters. The molecule has 0 aromatic rings. The Bertz CT molecular complexity index is 23.6. The molecule has 0 spiro atoms. The first-order valence-electron chi connectivity index (χ1n) is 1.63. The molecule has 0 aromatic carbocycles. The first-order valence-corrected chi connectivity index (χ1v) is 2.15. The molecular weight excluding hydrogens is 82.9 g/mol. The van der Waals surface area contributed by atoms with Gasteiger partial charge in [-0.2, -0.15) is 12.6 Å². The van der Waals surface area contributed by atoms with Crippen LogP contribution in [-0.2, 0) is 0 Å². The molecule has 1 N–H and O–H groups in total. The quantitative estimate of drug-likeness (QED) is 0.257. The van der Waals surface area contributed by atoms with E-state index in [-0.39, 0.29) is 0 Å². The van der Waals surface area contributed by atoms with Crippen LogP contribution in [0.25, 0.3) is 0 Å². The SMILES string of the molecule is CBC(O)S. The Morgan fingerprint density at radius 2 is 2.20 bits per heavy atom. The van der Waals surface area contributed by atoms with Crippen molar-refractivity contribution < 1.29 is 5.11 Å². The molecule has 0 bridgehead atoms. The summed E-state index contributed by atoms with van der Waals surface area (Å²) in [6.07, 6.45) is 0. The van der Waals surface area contributed by atoms with Crippen molar-refractivity contribution in [3.8, 4) is 0 Å². The molecule has 3 heteroatoms. The van der Waals surface area contributed by atoms with Crippen molar-refractivity contribution in [3.05, 3.63) is 0 Å². The van der Waals surface area contributed by atoms with Gasteiger partial charge in [0.1, 0.15) is 0 Å². The van der Waals surface area contributed by atoms with Crippen LogP contribution in [-0.4, -0.2) is 17.7 Å². The molecule has 0 saturated carbocycles. The van der Waals surface area contributed by atoms with E-state index in [4.69, 9.17) is 5.11 Å². The Morgan fingerprint density at radius 1 is 2.00 bits per heavy atom. The molecule has 0 saturated heterocycles. The molecule has 0 aromatic heterocycles.